The second-order valence-corrected chi connectivity index (χ2v) is 11.0. The molecular weight excluding hydrogens is 519 g/mol. The average Bonchev–Trinajstić information content (AvgIpc) is 3.63. The normalized spacial score (nSPS) is 16.0. The zero-order chi connectivity index (χ0) is 29.3. The summed E-state index contributed by atoms with van der Waals surface area (Å²) >= 11 is 0. The Balaban J connectivity index is 1.71. The summed E-state index contributed by atoms with van der Waals surface area (Å²) in [5.41, 5.74) is 3.70. The molecule has 1 atom stereocenters. The first-order valence-electron chi connectivity index (χ1n) is 14.3. The second kappa shape index (κ2) is 11.7. The highest BCUT2D eigenvalue weighted by Gasteiger charge is 2.28. The lowest BCUT2D eigenvalue weighted by molar-refractivity contribution is 0.321. The summed E-state index contributed by atoms with van der Waals surface area (Å²) in [6.07, 6.45) is 5.24. The molecule has 1 saturated heterocycles. The molecular formula is C32H37FN6O2. The molecule has 5 rings (SSSR count). The van der Waals surface area contributed by atoms with Crippen molar-refractivity contribution in [2.45, 2.75) is 59.4 Å². The van der Waals surface area contributed by atoms with Gasteiger partial charge >= 0.3 is 0 Å². The number of rotatable bonds is 8. The van der Waals surface area contributed by atoms with E-state index in [1.165, 1.54) is 12.3 Å². The Hall–Kier alpha value is -4.27. The number of para-hydroxylation sites is 1. The van der Waals surface area contributed by atoms with Gasteiger partial charge in [-0.2, -0.15) is 5.10 Å². The number of aliphatic hydroxyl groups is 1. The van der Waals surface area contributed by atoms with E-state index in [9.17, 15) is 14.3 Å². The molecule has 1 aromatic carbocycles. The van der Waals surface area contributed by atoms with Crippen LogP contribution in [-0.4, -0.2) is 47.4 Å². The molecule has 0 aliphatic carbocycles. The van der Waals surface area contributed by atoms with Gasteiger partial charge in [-0.15, -0.1) is 0 Å². The standard InChI is InChI=1S/C32H37FN6O2/c1-6-22-9-8-10-23(7-2)29(22)39-30(27-14-16-38(36-27)18-20(3)4)35-21(5)28(32(39)41)31(40)37-15-13-24(19-37)26-12-11-25(33)17-34-26/h8-12,14,16-17,20,24,40H,5-7,13,15,18-19H2,1-4H3. The van der Waals surface area contributed by atoms with Crippen LogP contribution >= 0.6 is 0 Å². The van der Waals surface area contributed by atoms with Crippen LogP contribution in [0.3, 0.4) is 0 Å². The number of benzene rings is 1. The monoisotopic (exact) mass is 556 g/mol. The van der Waals surface area contributed by atoms with Gasteiger partial charge in [-0.25, -0.2) is 9.37 Å². The van der Waals surface area contributed by atoms with Crippen molar-refractivity contribution in [3.05, 3.63) is 92.4 Å². The molecule has 1 aliphatic rings. The summed E-state index contributed by atoms with van der Waals surface area (Å²) in [7, 11) is 0. The fourth-order valence-electron chi connectivity index (χ4n) is 5.61. The lowest BCUT2D eigenvalue weighted by atomic mass is 10.0. The zero-order valence-corrected chi connectivity index (χ0v) is 24.1. The highest BCUT2D eigenvalue weighted by molar-refractivity contribution is 5.58. The predicted octanol–water partition coefficient (Wildman–Crippen LogP) is 3.93. The van der Waals surface area contributed by atoms with Crippen molar-refractivity contribution in [3.63, 3.8) is 0 Å². The lowest BCUT2D eigenvalue weighted by Gasteiger charge is -2.20. The van der Waals surface area contributed by atoms with E-state index in [0.29, 0.717) is 49.8 Å². The molecule has 0 amide bonds. The number of hydrogen-bond donors (Lipinski definition) is 1. The van der Waals surface area contributed by atoms with Crippen LogP contribution in [0, 0.1) is 11.7 Å². The van der Waals surface area contributed by atoms with Crippen LogP contribution in [0.15, 0.2) is 53.6 Å². The first-order valence-corrected chi connectivity index (χ1v) is 14.3. The van der Waals surface area contributed by atoms with Crippen molar-refractivity contribution in [2.75, 3.05) is 13.1 Å². The second-order valence-electron chi connectivity index (χ2n) is 11.0. The Morgan fingerprint density at radius 3 is 2.51 bits per heavy atom. The number of nitrogens with zero attached hydrogens (tertiary/aromatic N) is 6. The van der Waals surface area contributed by atoms with Crippen molar-refractivity contribution in [3.8, 4) is 17.2 Å². The third kappa shape index (κ3) is 5.53. The molecule has 1 aliphatic heterocycles. The van der Waals surface area contributed by atoms with Gasteiger partial charge in [-0.1, -0.05) is 52.5 Å². The van der Waals surface area contributed by atoms with E-state index >= 15 is 0 Å². The molecule has 0 saturated carbocycles. The van der Waals surface area contributed by atoms with Crippen molar-refractivity contribution in [2.24, 2.45) is 5.92 Å². The number of halogens is 1. The number of likely N-dealkylation sites (tertiary alicyclic amines) is 1. The largest absolute Gasteiger partial charge is 0.494 e. The fourth-order valence-corrected chi connectivity index (χ4v) is 5.61. The van der Waals surface area contributed by atoms with Gasteiger partial charge in [-0.3, -0.25) is 19.0 Å². The van der Waals surface area contributed by atoms with Crippen LogP contribution in [0.1, 0.15) is 56.9 Å². The minimum absolute atomic E-state index is 0.00194. The van der Waals surface area contributed by atoms with E-state index in [2.05, 4.69) is 39.3 Å². The summed E-state index contributed by atoms with van der Waals surface area (Å²) in [4.78, 5) is 25.3. The van der Waals surface area contributed by atoms with Gasteiger partial charge in [0, 0.05) is 37.4 Å². The number of aromatic nitrogens is 5. The molecule has 0 spiro atoms. The van der Waals surface area contributed by atoms with Crippen molar-refractivity contribution in [1.29, 1.82) is 0 Å². The number of aliphatic hydroxyl groups excluding tert-OH is 1. The van der Waals surface area contributed by atoms with Crippen molar-refractivity contribution < 1.29 is 9.50 Å². The third-order valence-corrected chi connectivity index (χ3v) is 7.65. The highest BCUT2D eigenvalue weighted by Crippen LogP contribution is 2.28. The van der Waals surface area contributed by atoms with Crippen molar-refractivity contribution in [1.82, 2.24) is 29.2 Å². The summed E-state index contributed by atoms with van der Waals surface area (Å²) in [6, 6.07) is 11.0. The molecule has 1 unspecified atom stereocenters. The van der Waals surface area contributed by atoms with Crippen LogP contribution in [-0.2, 0) is 19.4 Å². The number of pyridine rings is 1. The van der Waals surface area contributed by atoms with Gasteiger partial charge < -0.3 is 10.0 Å². The minimum Gasteiger partial charge on any atom is -0.494 e. The van der Waals surface area contributed by atoms with Gasteiger partial charge in [0.1, 0.15) is 16.7 Å². The molecule has 41 heavy (non-hydrogen) atoms. The van der Waals surface area contributed by atoms with E-state index in [4.69, 9.17) is 10.1 Å². The Bertz CT molecular complexity index is 1700. The smallest absolute Gasteiger partial charge is 0.271 e. The quantitative estimate of drug-likeness (QED) is 0.354. The van der Waals surface area contributed by atoms with Gasteiger partial charge in [0.25, 0.3) is 5.56 Å². The Kier molecular flexibility index (Phi) is 8.06. The van der Waals surface area contributed by atoms with E-state index in [-0.39, 0.29) is 28.2 Å². The maximum Gasteiger partial charge on any atom is 0.271 e. The molecule has 0 radical (unpaired) electrons. The van der Waals surface area contributed by atoms with Crippen LogP contribution < -0.4 is 16.1 Å². The first-order chi connectivity index (χ1) is 19.7. The molecule has 1 fully saturated rings. The summed E-state index contributed by atoms with van der Waals surface area (Å²) in [5, 5.41) is 16.5. The number of hydrogen-bond acceptors (Lipinski definition) is 6. The van der Waals surface area contributed by atoms with E-state index < -0.39 is 5.56 Å². The first kappa shape index (κ1) is 28.3. The van der Waals surface area contributed by atoms with E-state index in [1.807, 2.05) is 35.1 Å². The lowest BCUT2D eigenvalue weighted by Crippen LogP contribution is -2.50. The highest BCUT2D eigenvalue weighted by atomic mass is 19.1. The molecule has 214 valence electrons. The zero-order valence-electron chi connectivity index (χ0n) is 24.1. The van der Waals surface area contributed by atoms with Crippen LogP contribution in [0.25, 0.3) is 29.7 Å². The third-order valence-electron chi connectivity index (χ3n) is 7.65. The molecule has 4 aromatic rings. The Labute approximate surface area is 239 Å². The molecule has 9 heteroatoms. The van der Waals surface area contributed by atoms with Gasteiger partial charge in [0.2, 0.25) is 5.88 Å². The maximum absolute atomic E-state index is 14.5. The molecule has 1 N–H and O–H groups in total. The van der Waals surface area contributed by atoms with Crippen molar-refractivity contribution >= 4 is 12.5 Å². The summed E-state index contributed by atoms with van der Waals surface area (Å²) in [5.74, 6) is 0.244. The van der Waals surface area contributed by atoms with Crippen LogP contribution in [0.5, 0.6) is 0 Å². The summed E-state index contributed by atoms with van der Waals surface area (Å²) < 4.78 is 16.9. The van der Waals surface area contributed by atoms with Gasteiger partial charge in [-0.05, 0) is 54.5 Å². The maximum atomic E-state index is 14.5. The Morgan fingerprint density at radius 2 is 1.88 bits per heavy atom. The van der Waals surface area contributed by atoms with Gasteiger partial charge in [0.05, 0.1) is 17.2 Å². The number of aryl methyl sites for hydroxylation is 2. The molecule has 4 heterocycles. The average molecular weight is 557 g/mol. The fraction of sp³-hybridized carbons (Fsp3) is 0.375. The Morgan fingerprint density at radius 1 is 1.15 bits per heavy atom. The molecule has 0 bridgehead atoms. The summed E-state index contributed by atoms with van der Waals surface area (Å²) in [6.45, 7) is 14.2. The van der Waals surface area contributed by atoms with Crippen LogP contribution in [0.2, 0.25) is 0 Å². The van der Waals surface area contributed by atoms with E-state index in [0.717, 1.165) is 29.1 Å². The van der Waals surface area contributed by atoms with E-state index in [1.54, 1.807) is 15.5 Å². The predicted molar refractivity (Wildman–Crippen MR) is 159 cm³/mol. The molecule has 3 aromatic heterocycles. The minimum atomic E-state index is -0.394. The topological polar surface area (TPSA) is 89.1 Å². The van der Waals surface area contributed by atoms with Gasteiger partial charge in [0.15, 0.2) is 5.82 Å². The van der Waals surface area contributed by atoms with Crippen LogP contribution in [0.4, 0.5) is 4.39 Å². The molecule has 8 nitrogen and oxygen atoms in total. The SMILES string of the molecule is C=c1nc(-c2ccn(CC(C)C)n2)n(-c2c(CC)cccc2CC)c(=O)c1=C(O)N1CCC(c2ccc(F)cn2)C1.